The molecule has 1 heterocycles. The minimum atomic E-state index is 0.539. The van der Waals surface area contributed by atoms with Gasteiger partial charge in [-0.2, -0.15) is 0 Å². The zero-order valence-corrected chi connectivity index (χ0v) is 10.7. The second-order valence-corrected chi connectivity index (χ2v) is 7.12. The van der Waals surface area contributed by atoms with Crippen molar-refractivity contribution < 1.29 is 0 Å². The standard InChI is InChI=1S/C14H27N/c1-13(2,3)5-4-12-10-14(11-12)6-8-15-9-7-14/h12,15H,4-11H2,1-3H3. The first-order chi connectivity index (χ1) is 6.99. The summed E-state index contributed by atoms with van der Waals surface area (Å²) >= 11 is 0. The molecule has 0 radical (unpaired) electrons. The van der Waals surface area contributed by atoms with Crippen LogP contribution in [0.25, 0.3) is 0 Å². The SMILES string of the molecule is CC(C)(C)CCC1CC2(CCNCC2)C1. The van der Waals surface area contributed by atoms with E-state index in [2.05, 4.69) is 26.1 Å². The molecule has 0 bridgehead atoms. The molecule has 1 spiro atoms. The van der Waals surface area contributed by atoms with Crippen LogP contribution in [0.3, 0.4) is 0 Å². The Kier molecular flexibility index (Phi) is 3.12. The molecule has 0 unspecified atom stereocenters. The Labute approximate surface area is 95.0 Å². The molecule has 1 aliphatic heterocycles. The Hall–Kier alpha value is -0.0400. The van der Waals surface area contributed by atoms with Gasteiger partial charge < -0.3 is 5.32 Å². The van der Waals surface area contributed by atoms with Gasteiger partial charge in [-0.1, -0.05) is 20.8 Å². The third-order valence-electron chi connectivity index (χ3n) is 4.41. The van der Waals surface area contributed by atoms with Gasteiger partial charge in [0.15, 0.2) is 0 Å². The van der Waals surface area contributed by atoms with Crippen molar-refractivity contribution in [1.29, 1.82) is 0 Å². The molecule has 0 amide bonds. The maximum absolute atomic E-state index is 3.48. The van der Waals surface area contributed by atoms with E-state index < -0.39 is 0 Å². The van der Waals surface area contributed by atoms with E-state index in [-0.39, 0.29) is 0 Å². The van der Waals surface area contributed by atoms with Crippen molar-refractivity contribution >= 4 is 0 Å². The van der Waals surface area contributed by atoms with Crippen molar-refractivity contribution in [3.8, 4) is 0 Å². The monoisotopic (exact) mass is 209 g/mol. The molecule has 1 saturated carbocycles. The van der Waals surface area contributed by atoms with Crippen molar-refractivity contribution in [1.82, 2.24) is 5.32 Å². The van der Waals surface area contributed by atoms with Crippen LogP contribution in [0.1, 0.15) is 59.3 Å². The summed E-state index contributed by atoms with van der Waals surface area (Å²) in [7, 11) is 0. The van der Waals surface area contributed by atoms with Gasteiger partial charge in [-0.25, -0.2) is 0 Å². The second kappa shape index (κ2) is 4.08. The Morgan fingerprint density at radius 3 is 2.27 bits per heavy atom. The molecule has 2 fully saturated rings. The van der Waals surface area contributed by atoms with Crippen molar-refractivity contribution in [2.75, 3.05) is 13.1 Å². The first kappa shape index (κ1) is 11.4. The third kappa shape index (κ3) is 2.96. The van der Waals surface area contributed by atoms with Crippen LogP contribution in [-0.4, -0.2) is 13.1 Å². The molecule has 0 aromatic carbocycles. The second-order valence-electron chi connectivity index (χ2n) is 7.12. The summed E-state index contributed by atoms with van der Waals surface area (Å²) < 4.78 is 0. The van der Waals surface area contributed by atoms with Crippen LogP contribution in [-0.2, 0) is 0 Å². The Bertz CT molecular complexity index is 200. The average Bonchev–Trinajstić information content (AvgIpc) is 2.11. The van der Waals surface area contributed by atoms with Crippen LogP contribution in [0.2, 0.25) is 0 Å². The molecular formula is C14H27N. The van der Waals surface area contributed by atoms with Crippen LogP contribution in [0.5, 0.6) is 0 Å². The molecule has 1 aliphatic carbocycles. The lowest BCUT2D eigenvalue weighted by atomic mass is 9.56. The van der Waals surface area contributed by atoms with Crippen molar-refractivity contribution in [2.45, 2.75) is 59.3 Å². The average molecular weight is 209 g/mol. The van der Waals surface area contributed by atoms with Crippen LogP contribution in [0.4, 0.5) is 0 Å². The van der Waals surface area contributed by atoms with Gasteiger partial charge >= 0.3 is 0 Å². The fourth-order valence-electron chi connectivity index (χ4n) is 3.37. The quantitative estimate of drug-likeness (QED) is 0.733. The summed E-state index contributed by atoms with van der Waals surface area (Å²) in [5.41, 5.74) is 1.32. The van der Waals surface area contributed by atoms with E-state index in [4.69, 9.17) is 0 Å². The number of hydrogen-bond acceptors (Lipinski definition) is 1. The van der Waals surface area contributed by atoms with Crippen molar-refractivity contribution in [3.05, 3.63) is 0 Å². The van der Waals surface area contributed by atoms with E-state index in [9.17, 15) is 0 Å². The maximum atomic E-state index is 3.48. The summed E-state index contributed by atoms with van der Waals surface area (Å²) in [4.78, 5) is 0. The van der Waals surface area contributed by atoms with Crippen molar-refractivity contribution in [3.63, 3.8) is 0 Å². The number of piperidine rings is 1. The third-order valence-corrected chi connectivity index (χ3v) is 4.41. The Balaban J connectivity index is 1.69. The van der Waals surface area contributed by atoms with Gasteiger partial charge in [-0.3, -0.25) is 0 Å². The smallest absolute Gasteiger partial charge is 0.00436 e. The molecule has 0 aromatic heterocycles. The summed E-state index contributed by atoms with van der Waals surface area (Å²) in [5.74, 6) is 1.06. The van der Waals surface area contributed by atoms with Crippen molar-refractivity contribution in [2.24, 2.45) is 16.7 Å². The van der Waals surface area contributed by atoms with Gasteiger partial charge in [0, 0.05) is 0 Å². The highest BCUT2D eigenvalue weighted by atomic mass is 14.9. The van der Waals surface area contributed by atoms with E-state index in [0.29, 0.717) is 5.41 Å². The number of rotatable bonds is 2. The predicted molar refractivity (Wildman–Crippen MR) is 65.9 cm³/mol. The maximum Gasteiger partial charge on any atom is -0.00436 e. The number of nitrogens with one attached hydrogen (secondary N) is 1. The summed E-state index contributed by atoms with van der Waals surface area (Å²) in [6, 6.07) is 0. The van der Waals surface area contributed by atoms with E-state index in [1.54, 1.807) is 0 Å². The Morgan fingerprint density at radius 2 is 1.73 bits per heavy atom. The molecule has 1 nitrogen and oxygen atoms in total. The van der Waals surface area contributed by atoms with Gasteiger partial charge in [-0.15, -0.1) is 0 Å². The van der Waals surface area contributed by atoms with Gasteiger partial charge in [0.1, 0.15) is 0 Å². The van der Waals surface area contributed by atoms with E-state index in [0.717, 1.165) is 11.3 Å². The highest BCUT2D eigenvalue weighted by Gasteiger charge is 2.43. The summed E-state index contributed by atoms with van der Waals surface area (Å²) in [6.07, 6.45) is 8.83. The molecule has 1 N–H and O–H groups in total. The molecule has 2 rings (SSSR count). The van der Waals surface area contributed by atoms with Crippen LogP contribution < -0.4 is 5.32 Å². The molecule has 0 atom stereocenters. The largest absolute Gasteiger partial charge is 0.317 e. The van der Waals surface area contributed by atoms with E-state index in [1.807, 2.05) is 0 Å². The highest BCUT2D eigenvalue weighted by Crippen LogP contribution is 2.53. The predicted octanol–water partition coefficient (Wildman–Crippen LogP) is 3.59. The van der Waals surface area contributed by atoms with Crippen LogP contribution >= 0.6 is 0 Å². The molecule has 1 saturated heterocycles. The zero-order valence-electron chi connectivity index (χ0n) is 10.7. The van der Waals surface area contributed by atoms with Gasteiger partial charge in [0.2, 0.25) is 0 Å². The molecule has 1 heteroatoms. The first-order valence-corrected chi connectivity index (χ1v) is 6.70. The highest BCUT2D eigenvalue weighted by molar-refractivity contribution is 4.96. The first-order valence-electron chi connectivity index (χ1n) is 6.70. The Morgan fingerprint density at radius 1 is 1.13 bits per heavy atom. The molecular weight excluding hydrogens is 182 g/mol. The number of hydrogen-bond donors (Lipinski definition) is 1. The molecule has 0 aromatic rings. The van der Waals surface area contributed by atoms with Crippen LogP contribution in [0, 0.1) is 16.7 Å². The minimum Gasteiger partial charge on any atom is -0.317 e. The summed E-state index contributed by atoms with van der Waals surface area (Å²) in [6.45, 7) is 9.64. The summed E-state index contributed by atoms with van der Waals surface area (Å²) in [5, 5.41) is 3.48. The minimum absolute atomic E-state index is 0.539. The van der Waals surface area contributed by atoms with Gasteiger partial charge in [0.25, 0.3) is 0 Å². The molecule has 88 valence electrons. The van der Waals surface area contributed by atoms with E-state index >= 15 is 0 Å². The topological polar surface area (TPSA) is 12.0 Å². The zero-order chi connectivity index (χ0) is 10.9. The lowest BCUT2D eigenvalue weighted by Crippen LogP contribution is -2.45. The van der Waals surface area contributed by atoms with Crippen LogP contribution in [0.15, 0.2) is 0 Å². The fraction of sp³-hybridized carbons (Fsp3) is 1.00. The van der Waals surface area contributed by atoms with Gasteiger partial charge in [0.05, 0.1) is 0 Å². The lowest BCUT2D eigenvalue weighted by Gasteiger charge is -2.51. The lowest BCUT2D eigenvalue weighted by molar-refractivity contribution is 0.0123. The van der Waals surface area contributed by atoms with E-state index in [1.165, 1.54) is 51.6 Å². The van der Waals surface area contributed by atoms with Gasteiger partial charge in [-0.05, 0) is 68.4 Å². The molecule has 15 heavy (non-hydrogen) atoms. The molecule has 2 aliphatic rings. The normalized spacial score (nSPS) is 26.6. The fourth-order valence-corrected chi connectivity index (χ4v) is 3.37.